The topological polar surface area (TPSA) is 65.7 Å². The van der Waals surface area contributed by atoms with E-state index in [1.807, 2.05) is 12.1 Å². The Kier molecular flexibility index (Phi) is 4.86. The molecule has 0 amide bonds. The lowest BCUT2D eigenvalue weighted by Crippen LogP contribution is -2.43. The molecule has 0 bridgehead atoms. The molecule has 3 rings (SSSR count). The van der Waals surface area contributed by atoms with E-state index in [2.05, 4.69) is 4.74 Å². The lowest BCUT2D eigenvalue weighted by atomic mass is 9.64. The molecule has 1 aliphatic rings. The van der Waals surface area contributed by atoms with Crippen molar-refractivity contribution < 1.29 is 23.5 Å². The van der Waals surface area contributed by atoms with Crippen LogP contribution in [0.1, 0.15) is 46.7 Å². The third-order valence-corrected chi connectivity index (χ3v) is 4.97. The van der Waals surface area contributed by atoms with E-state index in [4.69, 9.17) is 20.8 Å². The lowest BCUT2D eigenvalue weighted by molar-refractivity contribution is -0.156. The van der Waals surface area contributed by atoms with Crippen molar-refractivity contribution in [3.05, 3.63) is 58.0 Å². The monoisotopic (exact) mass is 362 g/mol. The average molecular weight is 363 g/mol. The van der Waals surface area contributed by atoms with Gasteiger partial charge in [0.15, 0.2) is 0 Å². The molecule has 0 saturated heterocycles. The van der Waals surface area contributed by atoms with Gasteiger partial charge in [-0.15, -0.1) is 0 Å². The molecule has 132 valence electrons. The molecule has 0 atom stereocenters. The van der Waals surface area contributed by atoms with Crippen molar-refractivity contribution in [2.24, 2.45) is 0 Å². The second kappa shape index (κ2) is 6.92. The van der Waals surface area contributed by atoms with Crippen LogP contribution in [-0.4, -0.2) is 19.0 Å². The number of hydrogen-bond donors (Lipinski definition) is 0. The Morgan fingerprint density at radius 2 is 1.92 bits per heavy atom. The zero-order valence-electron chi connectivity index (χ0n) is 14.1. The molecule has 1 fully saturated rings. The van der Waals surface area contributed by atoms with E-state index in [1.54, 1.807) is 25.1 Å². The molecule has 25 heavy (non-hydrogen) atoms. The summed E-state index contributed by atoms with van der Waals surface area (Å²) >= 11 is 5.93. The molecule has 6 heteroatoms. The van der Waals surface area contributed by atoms with E-state index in [9.17, 15) is 9.59 Å². The van der Waals surface area contributed by atoms with Crippen LogP contribution in [0.4, 0.5) is 0 Å². The van der Waals surface area contributed by atoms with Crippen LogP contribution in [-0.2, 0) is 26.3 Å². The summed E-state index contributed by atoms with van der Waals surface area (Å²) in [7, 11) is 1.31. The predicted molar refractivity (Wildman–Crippen MR) is 91.6 cm³/mol. The average Bonchev–Trinajstić information content (AvgIpc) is 2.94. The maximum absolute atomic E-state index is 12.7. The van der Waals surface area contributed by atoms with Crippen LogP contribution in [0.25, 0.3) is 0 Å². The molecular weight excluding hydrogens is 344 g/mol. The summed E-state index contributed by atoms with van der Waals surface area (Å²) in [6, 6.07) is 8.85. The van der Waals surface area contributed by atoms with Gasteiger partial charge >= 0.3 is 11.9 Å². The summed E-state index contributed by atoms with van der Waals surface area (Å²) in [5.41, 5.74) is 0.640. The molecule has 5 nitrogen and oxygen atoms in total. The number of ether oxygens (including phenoxy) is 2. The fourth-order valence-electron chi connectivity index (χ4n) is 3.11. The molecule has 0 spiro atoms. The predicted octanol–water partition coefficient (Wildman–Crippen LogP) is 4.19. The fraction of sp³-hybridized carbons (Fsp3) is 0.368. The van der Waals surface area contributed by atoms with Crippen LogP contribution in [0.3, 0.4) is 0 Å². The number of carbonyl (C=O) groups is 2. The fourth-order valence-corrected chi connectivity index (χ4v) is 3.24. The van der Waals surface area contributed by atoms with Crippen LogP contribution in [0.5, 0.6) is 0 Å². The van der Waals surface area contributed by atoms with Gasteiger partial charge in [-0.1, -0.05) is 30.2 Å². The van der Waals surface area contributed by atoms with Gasteiger partial charge in [-0.25, -0.2) is 4.79 Å². The number of halogens is 1. The first-order valence-corrected chi connectivity index (χ1v) is 8.45. The van der Waals surface area contributed by atoms with Crippen molar-refractivity contribution in [2.75, 3.05) is 7.11 Å². The van der Waals surface area contributed by atoms with Gasteiger partial charge in [0.25, 0.3) is 0 Å². The van der Waals surface area contributed by atoms with Gasteiger partial charge in [0.2, 0.25) is 0 Å². The number of methoxy groups -OCH3 is 1. The highest BCUT2D eigenvalue weighted by Gasteiger charge is 2.47. The third-order valence-electron chi connectivity index (χ3n) is 4.71. The number of carbonyl (C=O) groups excluding carboxylic acids is 2. The summed E-state index contributed by atoms with van der Waals surface area (Å²) in [6.45, 7) is 1.64. The van der Waals surface area contributed by atoms with Gasteiger partial charge in [-0.2, -0.15) is 0 Å². The molecule has 1 aliphatic carbocycles. The number of benzene rings is 1. The van der Waals surface area contributed by atoms with Gasteiger partial charge < -0.3 is 13.9 Å². The van der Waals surface area contributed by atoms with Gasteiger partial charge in [0, 0.05) is 5.02 Å². The second-order valence-corrected chi connectivity index (χ2v) is 6.63. The Labute approximate surface area is 150 Å². The molecule has 1 saturated carbocycles. The van der Waals surface area contributed by atoms with Crippen LogP contribution >= 0.6 is 11.6 Å². The van der Waals surface area contributed by atoms with Crippen LogP contribution < -0.4 is 0 Å². The second-order valence-electron chi connectivity index (χ2n) is 6.19. The van der Waals surface area contributed by atoms with Crippen molar-refractivity contribution in [3.63, 3.8) is 0 Å². The molecule has 1 aromatic heterocycles. The Balaban J connectivity index is 1.71. The normalized spacial score (nSPS) is 15.3. The van der Waals surface area contributed by atoms with Gasteiger partial charge in [0.05, 0.1) is 12.5 Å². The quantitative estimate of drug-likeness (QED) is 0.746. The Morgan fingerprint density at radius 3 is 2.48 bits per heavy atom. The van der Waals surface area contributed by atoms with Gasteiger partial charge in [-0.3, -0.25) is 4.79 Å². The summed E-state index contributed by atoms with van der Waals surface area (Å²) in [5, 5.41) is 0.632. The van der Waals surface area contributed by atoms with E-state index in [-0.39, 0.29) is 12.6 Å². The van der Waals surface area contributed by atoms with E-state index >= 15 is 0 Å². The zero-order chi connectivity index (χ0) is 18.0. The van der Waals surface area contributed by atoms with Crippen LogP contribution in [0.15, 0.2) is 34.7 Å². The van der Waals surface area contributed by atoms with Crippen molar-refractivity contribution in [1.82, 2.24) is 0 Å². The van der Waals surface area contributed by atoms with Crippen molar-refractivity contribution in [1.29, 1.82) is 0 Å². The molecule has 0 radical (unpaired) electrons. The Hall–Kier alpha value is -2.27. The highest BCUT2D eigenvalue weighted by atomic mass is 35.5. The SMILES string of the molecule is COC(=O)c1cc(COC(=O)C2(c3ccc(Cl)cc3)CCC2)oc1C. The molecular formula is C19H19ClO5. The van der Waals surface area contributed by atoms with E-state index in [0.717, 1.165) is 24.8 Å². The van der Waals surface area contributed by atoms with E-state index in [1.165, 1.54) is 7.11 Å². The van der Waals surface area contributed by atoms with Crippen molar-refractivity contribution >= 4 is 23.5 Å². The van der Waals surface area contributed by atoms with Gasteiger partial charge in [0.1, 0.15) is 23.7 Å². The minimum absolute atomic E-state index is 0.0218. The van der Waals surface area contributed by atoms with Crippen molar-refractivity contribution in [3.8, 4) is 0 Å². The lowest BCUT2D eigenvalue weighted by Gasteiger charge is -2.39. The maximum Gasteiger partial charge on any atom is 0.341 e. The zero-order valence-corrected chi connectivity index (χ0v) is 14.9. The van der Waals surface area contributed by atoms with E-state index in [0.29, 0.717) is 22.1 Å². The maximum atomic E-state index is 12.7. The summed E-state index contributed by atoms with van der Waals surface area (Å²) < 4.78 is 15.6. The standard InChI is InChI=1S/C19H19ClO5/c1-12-16(17(21)23-2)10-15(25-12)11-24-18(22)19(8-3-9-19)13-4-6-14(20)7-5-13/h4-7,10H,3,8-9,11H2,1-2H3. The third kappa shape index (κ3) is 3.29. The Morgan fingerprint density at radius 1 is 1.24 bits per heavy atom. The smallest absolute Gasteiger partial charge is 0.341 e. The van der Waals surface area contributed by atoms with Crippen molar-refractivity contribution in [2.45, 2.75) is 38.2 Å². The number of furan rings is 1. The number of hydrogen-bond acceptors (Lipinski definition) is 5. The first-order valence-electron chi connectivity index (χ1n) is 8.07. The number of esters is 2. The highest BCUT2D eigenvalue weighted by Crippen LogP contribution is 2.45. The molecule has 0 aliphatic heterocycles. The largest absolute Gasteiger partial charge is 0.465 e. The summed E-state index contributed by atoms with van der Waals surface area (Å²) in [6.07, 6.45) is 2.47. The summed E-state index contributed by atoms with van der Waals surface area (Å²) in [4.78, 5) is 24.3. The Bertz CT molecular complexity index is 787. The highest BCUT2D eigenvalue weighted by molar-refractivity contribution is 6.30. The minimum atomic E-state index is -0.614. The first kappa shape index (κ1) is 17.5. The number of rotatable bonds is 5. The molecule has 2 aromatic rings. The first-order chi connectivity index (χ1) is 12.0. The molecule has 1 heterocycles. The number of aryl methyl sites for hydroxylation is 1. The van der Waals surface area contributed by atoms with E-state index < -0.39 is 11.4 Å². The molecule has 1 aromatic carbocycles. The summed E-state index contributed by atoms with van der Waals surface area (Å²) in [5.74, 6) is 0.0935. The van der Waals surface area contributed by atoms with Crippen LogP contribution in [0.2, 0.25) is 5.02 Å². The van der Waals surface area contributed by atoms with Gasteiger partial charge in [-0.05, 0) is 43.5 Å². The minimum Gasteiger partial charge on any atom is -0.465 e. The molecule has 0 N–H and O–H groups in total. The van der Waals surface area contributed by atoms with Crippen LogP contribution in [0, 0.1) is 6.92 Å². The molecule has 0 unspecified atom stereocenters.